The fraction of sp³-hybridized carbons (Fsp3) is 0.188. The maximum Gasteiger partial charge on any atom is 0.284 e. The number of hydrogen-bond acceptors (Lipinski definition) is 4. The molecule has 3 rings (SSSR count). The van der Waals surface area contributed by atoms with Crippen molar-refractivity contribution in [3.63, 3.8) is 0 Å². The summed E-state index contributed by atoms with van der Waals surface area (Å²) in [4.78, 5) is 24.6. The average molecular weight is 306 g/mol. The van der Waals surface area contributed by atoms with Crippen LogP contribution in [0.15, 0.2) is 52.4 Å². The monoisotopic (exact) mass is 306 g/mol. The highest BCUT2D eigenvalue weighted by atomic mass is 16.1. The Bertz CT molecular complexity index is 973. The number of aromatic nitrogens is 3. The molecule has 2 aromatic heterocycles. The minimum atomic E-state index is -0.585. The Morgan fingerprint density at radius 3 is 2.61 bits per heavy atom. The van der Waals surface area contributed by atoms with E-state index in [1.807, 2.05) is 25.1 Å². The van der Waals surface area contributed by atoms with Crippen LogP contribution >= 0.6 is 0 Å². The van der Waals surface area contributed by atoms with Gasteiger partial charge in [-0.3, -0.25) is 9.36 Å². The van der Waals surface area contributed by atoms with E-state index >= 15 is 0 Å². The number of aryl methyl sites for hydroxylation is 1. The summed E-state index contributed by atoms with van der Waals surface area (Å²) >= 11 is 0. The third-order valence-electron chi connectivity index (χ3n) is 3.50. The van der Waals surface area contributed by atoms with Crippen LogP contribution in [0.25, 0.3) is 27.2 Å². The smallest absolute Gasteiger partial charge is 0.266 e. The average Bonchev–Trinajstić information content (AvgIpc) is 2.56. The van der Waals surface area contributed by atoms with Gasteiger partial charge in [0.15, 0.2) is 5.52 Å². The quantitative estimate of drug-likeness (QED) is 0.421. The van der Waals surface area contributed by atoms with E-state index in [1.165, 1.54) is 4.57 Å². The van der Waals surface area contributed by atoms with Crippen LogP contribution in [0.2, 0.25) is 0 Å². The minimum absolute atomic E-state index is 0.278. The van der Waals surface area contributed by atoms with Gasteiger partial charge in [-0.1, -0.05) is 23.3 Å². The summed E-state index contributed by atoms with van der Waals surface area (Å²) in [6, 6.07) is 12.1. The van der Waals surface area contributed by atoms with Crippen LogP contribution in [0.5, 0.6) is 0 Å². The van der Waals surface area contributed by atoms with Crippen molar-refractivity contribution >= 4 is 11.0 Å². The topological polar surface area (TPSA) is 96.5 Å². The van der Waals surface area contributed by atoms with E-state index in [9.17, 15) is 4.79 Å². The molecule has 0 aliphatic carbocycles. The molecular formula is C16H14N6O. The molecule has 0 bridgehead atoms. The van der Waals surface area contributed by atoms with Crippen molar-refractivity contribution < 1.29 is 0 Å². The summed E-state index contributed by atoms with van der Waals surface area (Å²) < 4.78 is 1.45. The van der Waals surface area contributed by atoms with Gasteiger partial charge in [-0.05, 0) is 43.6 Å². The number of rotatable bonds is 3. The van der Waals surface area contributed by atoms with E-state index in [-0.39, 0.29) is 5.56 Å². The lowest BCUT2D eigenvalue weighted by atomic mass is 10.2. The highest BCUT2D eigenvalue weighted by Crippen LogP contribution is 2.19. The fourth-order valence-electron chi connectivity index (χ4n) is 2.42. The molecule has 0 radical (unpaired) electrons. The normalized spacial score (nSPS) is 11.9. The van der Waals surface area contributed by atoms with E-state index in [0.29, 0.717) is 22.5 Å². The van der Waals surface area contributed by atoms with Crippen molar-refractivity contribution in [1.82, 2.24) is 14.5 Å². The number of nitrogens with zero attached hydrogens (tertiary/aromatic N) is 6. The number of azide groups is 1. The Hall–Kier alpha value is -3.18. The van der Waals surface area contributed by atoms with Crippen molar-refractivity contribution in [2.75, 3.05) is 0 Å². The summed E-state index contributed by atoms with van der Waals surface area (Å²) in [5.41, 5.74) is 10.6. The van der Waals surface area contributed by atoms with E-state index in [2.05, 4.69) is 20.0 Å². The van der Waals surface area contributed by atoms with Crippen molar-refractivity contribution in [3.8, 4) is 5.69 Å². The first kappa shape index (κ1) is 14.7. The third-order valence-corrected chi connectivity index (χ3v) is 3.50. The van der Waals surface area contributed by atoms with Crippen LogP contribution in [-0.4, -0.2) is 14.5 Å². The molecule has 7 nitrogen and oxygen atoms in total. The van der Waals surface area contributed by atoms with Gasteiger partial charge in [0.25, 0.3) is 5.56 Å². The first-order chi connectivity index (χ1) is 11.1. The van der Waals surface area contributed by atoms with Gasteiger partial charge in [0.1, 0.15) is 5.82 Å². The molecule has 114 valence electrons. The summed E-state index contributed by atoms with van der Waals surface area (Å²) in [5.74, 6) is 0.386. The second kappa shape index (κ2) is 5.90. The van der Waals surface area contributed by atoms with Crippen molar-refractivity contribution in [1.29, 1.82) is 0 Å². The van der Waals surface area contributed by atoms with Gasteiger partial charge in [0.05, 0.1) is 17.2 Å². The van der Waals surface area contributed by atoms with Gasteiger partial charge < -0.3 is 0 Å². The standard InChI is InChI=1S/C16H14N6O/c1-10-8-9-13-14(18-10)16(23)22(12-6-4-3-5-7-12)15(19-13)11(2)20-21-17/h3-9,11H,1-2H3. The zero-order chi connectivity index (χ0) is 16.4. The van der Waals surface area contributed by atoms with Gasteiger partial charge in [0, 0.05) is 10.6 Å². The number of benzene rings is 1. The van der Waals surface area contributed by atoms with Crippen LogP contribution in [0.1, 0.15) is 24.5 Å². The SMILES string of the molecule is Cc1ccc2nc(C(C)N=[N+]=[N-])n(-c3ccccc3)c(=O)c2n1. The molecule has 0 saturated heterocycles. The van der Waals surface area contributed by atoms with E-state index < -0.39 is 6.04 Å². The van der Waals surface area contributed by atoms with Gasteiger partial charge in [0.2, 0.25) is 0 Å². The van der Waals surface area contributed by atoms with Crippen LogP contribution in [-0.2, 0) is 0 Å². The zero-order valence-electron chi connectivity index (χ0n) is 12.7. The molecule has 23 heavy (non-hydrogen) atoms. The first-order valence-electron chi connectivity index (χ1n) is 7.11. The lowest BCUT2D eigenvalue weighted by molar-refractivity contribution is 0.690. The number of fused-ring (bicyclic) bond motifs is 1. The van der Waals surface area contributed by atoms with Crippen molar-refractivity contribution in [2.45, 2.75) is 19.9 Å². The van der Waals surface area contributed by atoms with Crippen LogP contribution in [0.4, 0.5) is 0 Å². The molecule has 7 heteroatoms. The Balaban J connectivity index is 2.42. The molecule has 0 aliphatic heterocycles. The van der Waals surface area contributed by atoms with Gasteiger partial charge in [-0.25, -0.2) is 9.97 Å². The fourth-order valence-corrected chi connectivity index (χ4v) is 2.42. The highest BCUT2D eigenvalue weighted by Gasteiger charge is 2.17. The summed E-state index contributed by atoms with van der Waals surface area (Å²) in [6.07, 6.45) is 0. The Kier molecular flexibility index (Phi) is 3.78. The Labute approximate surface area is 131 Å². The van der Waals surface area contributed by atoms with Crippen LogP contribution in [0, 0.1) is 6.92 Å². The molecule has 0 N–H and O–H groups in total. The molecule has 0 fully saturated rings. The zero-order valence-corrected chi connectivity index (χ0v) is 12.7. The van der Waals surface area contributed by atoms with Crippen molar-refractivity contribution in [2.24, 2.45) is 5.11 Å². The molecule has 1 atom stereocenters. The first-order valence-corrected chi connectivity index (χ1v) is 7.11. The summed E-state index contributed by atoms with van der Waals surface area (Å²) in [5, 5.41) is 3.68. The van der Waals surface area contributed by atoms with Gasteiger partial charge >= 0.3 is 0 Å². The van der Waals surface area contributed by atoms with Crippen LogP contribution < -0.4 is 5.56 Å². The van der Waals surface area contributed by atoms with Crippen LogP contribution in [0.3, 0.4) is 0 Å². The molecule has 0 amide bonds. The summed E-state index contributed by atoms with van der Waals surface area (Å²) in [6.45, 7) is 3.52. The lowest BCUT2D eigenvalue weighted by Crippen LogP contribution is -2.25. The molecular weight excluding hydrogens is 292 g/mol. The number of para-hydroxylation sites is 1. The van der Waals surface area contributed by atoms with Crippen molar-refractivity contribution in [3.05, 3.63) is 74.8 Å². The molecule has 0 spiro atoms. The molecule has 1 unspecified atom stereocenters. The van der Waals surface area contributed by atoms with E-state index in [1.54, 1.807) is 31.2 Å². The molecule has 0 aliphatic rings. The van der Waals surface area contributed by atoms with Gasteiger partial charge in [-0.15, -0.1) is 0 Å². The van der Waals surface area contributed by atoms with Gasteiger partial charge in [-0.2, -0.15) is 0 Å². The second-order valence-corrected chi connectivity index (χ2v) is 5.15. The second-order valence-electron chi connectivity index (χ2n) is 5.15. The molecule has 0 saturated carbocycles. The number of pyridine rings is 1. The molecule has 2 heterocycles. The predicted molar refractivity (Wildman–Crippen MR) is 87.4 cm³/mol. The summed E-state index contributed by atoms with van der Waals surface area (Å²) in [7, 11) is 0. The maximum atomic E-state index is 12.9. The number of hydrogen-bond donors (Lipinski definition) is 0. The third kappa shape index (κ3) is 2.65. The van der Waals surface area contributed by atoms with E-state index in [0.717, 1.165) is 5.69 Å². The minimum Gasteiger partial charge on any atom is -0.266 e. The maximum absolute atomic E-state index is 12.9. The largest absolute Gasteiger partial charge is 0.284 e. The van der Waals surface area contributed by atoms with E-state index in [4.69, 9.17) is 5.53 Å². The molecule has 1 aromatic carbocycles. The Morgan fingerprint density at radius 2 is 1.91 bits per heavy atom. The lowest BCUT2D eigenvalue weighted by Gasteiger charge is -2.15. The molecule has 3 aromatic rings. The Morgan fingerprint density at radius 1 is 1.17 bits per heavy atom. The predicted octanol–water partition coefficient (Wildman–Crippen LogP) is 3.46. The highest BCUT2D eigenvalue weighted by molar-refractivity contribution is 5.73.